The number of likely N-dealkylation sites (tertiary alicyclic amines) is 1. The Bertz CT molecular complexity index is 224. The van der Waals surface area contributed by atoms with Crippen LogP contribution < -0.4 is 0 Å². The van der Waals surface area contributed by atoms with Crippen LogP contribution in [0.5, 0.6) is 0 Å². The molecule has 2 rings (SSSR count). The van der Waals surface area contributed by atoms with Crippen molar-refractivity contribution in [2.24, 2.45) is 0 Å². The van der Waals surface area contributed by atoms with E-state index in [4.69, 9.17) is 4.74 Å². The summed E-state index contributed by atoms with van der Waals surface area (Å²) in [5.41, 5.74) is 0. The minimum atomic E-state index is 0.00176. The predicted molar refractivity (Wildman–Crippen MR) is 58.6 cm³/mol. The van der Waals surface area contributed by atoms with Crippen LogP contribution >= 0.6 is 0 Å². The topological polar surface area (TPSA) is 29.5 Å². The van der Waals surface area contributed by atoms with Gasteiger partial charge < -0.3 is 4.74 Å². The van der Waals surface area contributed by atoms with Gasteiger partial charge in [0, 0.05) is 6.04 Å². The zero-order valence-electron chi connectivity index (χ0n) is 9.58. The van der Waals surface area contributed by atoms with Gasteiger partial charge in [-0.1, -0.05) is 12.8 Å². The molecule has 0 bridgehead atoms. The van der Waals surface area contributed by atoms with E-state index in [9.17, 15) is 4.79 Å². The van der Waals surface area contributed by atoms with Gasteiger partial charge in [0.1, 0.15) is 6.04 Å². The molecule has 0 aromatic heterocycles. The third kappa shape index (κ3) is 2.33. The summed E-state index contributed by atoms with van der Waals surface area (Å²) < 4.78 is 5.14. The summed E-state index contributed by atoms with van der Waals surface area (Å²) in [4.78, 5) is 14.1. The summed E-state index contributed by atoms with van der Waals surface area (Å²) in [6.07, 6.45) is 7.36. The lowest BCUT2D eigenvalue weighted by molar-refractivity contribution is -0.149. The Morgan fingerprint density at radius 1 is 1.27 bits per heavy atom. The van der Waals surface area contributed by atoms with Crippen molar-refractivity contribution in [3.63, 3.8) is 0 Å². The molecule has 3 heteroatoms. The molecular weight excluding hydrogens is 190 g/mol. The molecule has 0 aromatic rings. The lowest BCUT2D eigenvalue weighted by atomic mass is 10.1. The van der Waals surface area contributed by atoms with Gasteiger partial charge in [0.2, 0.25) is 0 Å². The van der Waals surface area contributed by atoms with Crippen molar-refractivity contribution in [2.45, 2.75) is 57.5 Å². The number of hydrogen-bond donors (Lipinski definition) is 0. The van der Waals surface area contributed by atoms with Gasteiger partial charge in [0.25, 0.3) is 0 Å². The number of ether oxygens (including phenoxy) is 1. The molecule has 15 heavy (non-hydrogen) atoms. The Balaban J connectivity index is 1.94. The van der Waals surface area contributed by atoms with E-state index >= 15 is 0 Å². The van der Waals surface area contributed by atoms with E-state index in [2.05, 4.69) is 4.90 Å². The first-order valence-electron chi connectivity index (χ1n) is 6.25. The molecule has 1 aliphatic carbocycles. The summed E-state index contributed by atoms with van der Waals surface area (Å²) in [6, 6.07) is 0.718. The van der Waals surface area contributed by atoms with Crippen molar-refractivity contribution in [1.82, 2.24) is 4.90 Å². The lowest BCUT2D eigenvalue weighted by Crippen LogP contribution is -2.42. The summed E-state index contributed by atoms with van der Waals surface area (Å²) in [5.74, 6) is 0.00176. The van der Waals surface area contributed by atoms with Gasteiger partial charge >= 0.3 is 5.97 Å². The number of carbonyl (C=O) groups excluding carboxylic acids is 1. The maximum absolute atomic E-state index is 11.7. The third-order valence-corrected chi connectivity index (χ3v) is 3.65. The highest BCUT2D eigenvalue weighted by Crippen LogP contribution is 2.30. The van der Waals surface area contributed by atoms with E-state index in [1.807, 2.05) is 6.92 Å². The van der Waals surface area contributed by atoms with Crippen molar-refractivity contribution in [3.05, 3.63) is 0 Å². The van der Waals surface area contributed by atoms with Gasteiger partial charge in [-0.25, -0.2) is 0 Å². The van der Waals surface area contributed by atoms with Crippen LogP contribution in [0.25, 0.3) is 0 Å². The van der Waals surface area contributed by atoms with E-state index in [0.717, 1.165) is 19.4 Å². The highest BCUT2D eigenvalue weighted by molar-refractivity contribution is 5.76. The largest absolute Gasteiger partial charge is 0.465 e. The first-order chi connectivity index (χ1) is 7.33. The van der Waals surface area contributed by atoms with E-state index in [-0.39, 0.29) is 12.0 Å². The summed E-state index contributed by atoms with van der Waals surface area (Å²) >= 11 is 0. The maximum Gasteiger partial charge on any atom is 0.323 e. The number of nitrogens with zero attached hydrogens (tertiary/aromatic N) is 1. The van der Waals surface area contributed by atoms with Crippen LogP contribution in [0, 0.1) is 0 Å². The zero-order chi connectivity index (χ0) is 10.7. The monoisotopic (exact) mass is 211 g/mol. The molecule has 1 heterocycles. The van der Waals surface area contributed by atoms with Crippen LogP contribution in [0.3, 0.4) is 0 Å². The van der Waals surface area contributed by atoms with Crippen LogP contribution in [-0.4, -0.2) is 36.1 Å². The first-order valence-corrected chi connectivity index (χ1v) is 6.25. The van der Waals surface area contributed by atoms with E-state index in [1.54, 1.807) is 0 Å². The quantitative estimate of drug-likeness (QED) is 0.668. The number of hydrogen-bond acceptors (Lipinski definition) is 3. The Kier molecular flexibility index (Phi) is 3.62. The average Bonchev–Trinajstić information content (AvgIpc) is 2.88. The molecule has 1 saturated heterocycles. The molecule has 0 aromatic carbocycles. The van der Waals surface area contributed by atoms with Gasteiger partial charge in [0.05, 0.1) is 6.61 Å². The molecule has 3 nitrogen and oxygen atoms in total. The van der Waals surface area contributed by atoms with Crippen molar-refractivity contribution in [1.29, 1.82) is 0 Å². The van der Waals surface area contributed by atoms with Gasteiger partial charge in [-0.15, -0.1) is 0 Å². The molecule has 2 fully saturated rings. The molecule has 0 amide bonds. The minimum absolute atomic E-state index is 0.00176. The second-order valence-electron chi connectivity index (χ2n) is 4.59. The van der Waals surface area contributed by atoms with Crippen molar-refractivity contribution >= 4 is 5.97 Å². The summed E-state index contributed by atoms with van der Waals surface area (Å²) in [7, 11) is 0. The van der Waals surface area contributed by atoms with Crippen LogP contribution in [0.2, 0.25) is 0 Å². The number of rotatable bonds is 3. The molecule has 1 unspecified atom stereocenters. The fraction of sp³-hybridized carbons (Fsp3) is 0.917. The lowest BCUT2D eigenvalue weighted by Gasteiger charge is -2.28. The van der Waals surface area contributed by atoms with Crippen LogP contribution in [0.15, 0.2) is 0 Å². The van der Waals surface area contributed by atoms with Gasteiger partial charge in [-0.05, 0) is 39.2 Å². The fourth-order valence-electron chi connectivity index (χ4n) is 2.95. The Hall–Kier alpha value is -0.570. The second-order valence-corrected chi connectivity index (χ2v) is 4.59. The van der Waals surface area contributed by atoms with Crippen molar-refractivity contribution in [2.75, 3.05) is 13.2 Å². The summed E-state index contributed by atoms with van der Waals surface area (Å²) in [5, 5.41) is 0. The number of esters is 1. The van der Waals surface area contributed by atoms with Crippen LogP contribution in [0.1, 0.15) is 45.4 Å². The van der Waals surface area contributed by atoms with Crippen LogP contribution in [0.4, 0.5) is 0 Å². The highest BCUT2D eigenvalue weighted by atomic mass is 16.5. The molecule has 0 spiro atoms. The molecule has 2 aliphatic rings. The van der Waals surface area contributed by atoms with E-state index < -0.39 is 0 Å². The number of carbonyl (C=O) groups is 1. The molecule has 1 aliphatic heterocycles. The Morgan fingerprint density at radius 3 is 2.67 bits per heavy atom. The van der Waals surface area contributed by atoms with E-state index in [0.29, 0.717) is 12.6 Å². The Morgan fingerprint density at radius 2 is 2.00 bits per heavy atom. The van der Waals surface area contributed by atoms with Gasteiger partial charge in [-0.2, -0.15) is 0 Å². The maximum atomic E-state index is 11.7. The molecule has 1 saturated carbocycles. The molecule has 86 valence electrons. The SMILES string of the molecule is CCOC(=O)C1CCCN1C1CCCC1. The van der Waals surface area contributed by atoms with Crippen LogP contribution in [-0.2, 0) is 9.53 Å². The third-order valence-electron chi connectivity index (χ3n) is 3.65. The smallest absolute Gasteiger partial charge is 0.323 e. The highest BCUT2D eigenvalue weighted by Gasteiger charge is 2.36. The summed E-state index contributed by atoms with van der Waals surface area (Å²) in [6.45, 7) is 3.48. The Labute approximate surface area is 91.8 Å². The van der Waals surface area contributed by atoms with Gasteiger partial charge in [0.15, 0.2) is 0 Å². The molecule has 0 radical (unpaired) electrons. The molecule has 0 N–H and O–H groups in total. The molecule has 1 atom stereocenters. The predicted octanol–water partition coefficient (Wildman–Crippen LogP) is 1.96. The first kappa shape index (κ1) is 10.9. The minimum Gasteiger partial charge on any atom is -0.465 e. The van der Waals surface area contributed by atoms with Crippen molar-refractivity contribution in [3.8, 4) is 0 Å². The standard InChI is InChI=1S/C12H21NO2/c1-2-15-12(14)11-8-5-9-13(11)10-6-3-4-7-10/h10-11H,2-9H2,1H3. The fourth-order valence-corrected chi connectivity index (χ4v) is 2.95. The van der Waals surface area contributed by atoms with E-state index in [1.165, 1.54) is 25.7 Å². The zero-order valence-corrected chi connectivity index (χ0v) is 9.58. The van der Waals surface area contributed by atoms with Crippen molar-refractivity contribution < 1.29 is 9.53 Å². The normalized spacial score (nSPS) is 28.5. The van der Waals surface area contributed by atoms with Gasteiger partial charge in [-0.3, -0.25) is 9.69 Å². The molecular formula is C12H21NO2. The average molecular weight is 211 g/mol. The second kappa shape index (κ2) is 4.97.